The maximum Gasteiger partial charge on any atom is 0.416 e. The topological polar surface area (TPSA) is 26.3 Å². The number of hydrogen-bond acceptors (Lipinski definition) is 2. The third-order valence-corrected chi connectivity index (χ3v) is 1.48. The lowest BCUT2D eigenvalue weighted by Gasteiger charge is -2.07. The van der Waals surface area contributed by atoms with Crippen LogP contribution in [0.1, 0.15) is 5.56 Å². The number of halogens is 3. The van der Waals surface area contributed by atoms with E-state index in [4.69, 9.17) is 4.74 Å². The van der Waals surface area contributed by atoms with Gasteiger partial charge >= 0.3 is 6.18 Å². The van der Waals surface area contributed by atoms with Gasteiger partial charge in [0.05, 0.1) is 5.56 Å². The number of rotatable bonds is 3. The first kappa shape index (κ1) is 10.6. The van der Waals surface area contributed by atoms with Crippen molar-refractivity contribution in [1.29, 1.82) is 0 Å². The van der Waals surface area contributed by atoms with E-state index in [1.54, 1.807) is 0 Å². The van der Waals surface area contributed by atoms with E-state index in [1.165, 1.54) is 6.29 Å². The van der Waals surface area contributed by atoms with Crippen LogP contribution in [0.3, 0.4) is 0 Å². The largest absolute Gasteiger partial charge is 0.485 e. The van der Waals surface area contributed by atoms with Gasteiger partial charge in [0.2, 0.25) is 6.29 Å². The molecule has 0 saturated carbocycles. The summed E-state index contributed by atoms with van der Waals surface area (Å²) in [5.74, 6) is 0.210. The number of ether oxygens (including phenoxy) is 1. The third kappa shape index (κ3) is 2.76. The van der Waals surface area contributed by atoms with Crippen molar-refractivity contribution < 1.29 is 22.7 Å². The van der Waals surface area contributed by atoms with Gasteiger partial charge < -0.3 is 4.74 Å². The summed E-state index contributed by atoms with van der Waals surface area (Å²) in [7, 11) is 0. The molecule has 75 valence electrons. The number of benzene rings is 1. The lowest BCUT2D eigenvalue weighted by atomic mass is 10.2. The van der Waals surface area contributed by atoms with E-state index in [9.17, 15) is 18.0 Å². The molecule has 0 amide bonds. The normalized spacial score (nSPS) is 11.1. The van der Waals surface area contributed by atoms with Crippen molar-refractivity contribution in [3.05, 3.63) is 29.8 Å². The van der Waals surface area contributed by atoms with Crippen molar-refractivity contribution in [3.8, 4) is 5.75 Å². The standard InChI is InChI=1S/C9H6F3O2/c10-9(11,12)7-1-3-8(4-2-7)14-6-5-13/h1-4H,6H2. The van der Waals surface area contributed by atoms with Gasteiger partial charge in [0.15, 0.2) is 6.61 Å². The van der Waals surface area contributed by atoms with Gasteiger partial charge in [-0.05, 0) is 24.3 Å². The monoisotopic (exact) mass is 203 g/mol. The zero-order chi connectivity index (χ0) is 10.6. The van der Waals surface area contributed by atoms with Gasteiger partial charge in [0, 0.05) is 0 Å². The second-order valence-electron chi connectivity index (χ2n) is 2.46. The fourth-order valence-corrected chi connectivity index (χ4v) is 0.853. The van der Waals surface area contributed by atoms with Gasteiger partial charge in [-0.15, -0.1) is 0 Å². The molecular weight excluding hydrogens is 197 g/mol. The summed E-state index contributed by atoms with van der Waals surface area (Å²) in [6, 6.07) is 4.08. The van der Waals surface area contributed by atoms with Crippen molar-refractivity contribution in [3.63, 3.8) is 0 Å². The maximum atomic E-state index is 12.1. The molecule has 0 aliphatic rings. The Morgan fingerprint density at radius 1 is 1.21 bits per heavy atom. The summed E-state index contributed by atoms with van der Waals surface area (Å²) >= 11 is 0. The predicted molar refractivity (Wildman–Crippen MR) is 42.6 cm³/mol. The van der Waals surface area contributed by atoms with Crippen molar-refractivity contribution in [2.24, 2.45) is 0 Å². The molecule has 0 aliphatic carbocycles. The van der Waals surface area contributed by atoms with Crippen molar-refractivity contribution in [1.82, 2.24) is 0 Å². The van der Waals surface area contributed by atoms with Crippen LogP contribution in [0.25, 0.3) is 0 Å². The predicted octanol–water partition coefficient (Wildman–Crippen LogP) is 2.19. The van der Waals surface area contributed by atoms with E-state index in [1.807, 2.05) is 0 Å². The minimum Gasteiger partial charge on any atom is -0.485 e. The summed E-state index contributed by atoms with van der Waals surface area (Å²) in [5.41, 5.74) is -0.750. The first-order valence-corrected chi connectivity index (χ1v) is 3.69. The lowest BCUT2D eigenvalue weighted by molar-refractivity contribution is -0.137. The second-order valence-corrected chi connectivity index (χ2v) is 2.46. The molecule has 1 radical (unpaired) electrons. The molecule has 0 aromatic heterocycles. The fraction of sp³-hybridized carbons (Fsp3) is 0.222. The van der Waals surface area contributed by atoms with Crippen LogP contribution in [0, 0.1) is 0 Å². The van der Waals surface area contributed by atoms with Crippen molar-refractivity contribution in [2.75, 3.05) is 6.61 Å². The number of hydrogen-bond donors (Lipinski definition) is 0. The minimum atomic E-state index is -4.35. The van der Waals surface area contributed by atoms with Gasteiger partial charge in [-0.3, -0.25) is 4.79 Å². The highest BCUT2D eigenvalue weighted by Gasteiger charge is 2.29. The highest BCUT2D eigenvalue weighted by atomic mass is 19.4. The molecule has 0 bridgehead atoms. The van der Waals surface area contributed by atoms with E-state index in [2.05, 4.69) is 0 Å². The maximum absolute atomic E-state index is 12.1. The first-order valence-electron chi connectivity index (χ1n) is 3.69. The van der Waals surface area contributed by atoms with Crippen LogP contribution in [0.4, 0.5) is 13.2 Å². The number of carbonyl (C=O) groups excluding carboxylic acids is 1. The van der Waals surface area contributed by atoms with Crippen molar-refractivity contribution >= 4 is 6.29 Å². The SMILES string of the molecule is O=[C]COc1ccc(C(F)(F)F)cc1. The van der Waals surface area contributed by atoms with Gasteiger partial charge in [0.25, 0.3) is 0 Å². The summed E-state index contributed by atoms with van der Waals surface area (Å²) in [6.07, 6.45) is -2.89. The van der Waals surface area contributed by atoms with Crippen molar-refractivity contribution in [2.45, 2.75) is 6.18 Å². The summed E-state index contributed by atoms with van der Waals surface area (Å²) in [4.78, 5) is 9.77. The Balaban J connectivity index is 2.73. The van der Waals surface area contributed by atoms with Crippen LogP contribution in [-0.4, -0.2) is 12.9 Å². The Labute approximate surface area is 78.3 Å². The molecule has 0 aliphatic heterocycles. The Bertz CT molecular complexity index is 303. The summed E-state index contributed by atoms with van der Waals surface area (Å²) in [6.45, 7) is -0.286. The molecule has 2 nitrogen and oxygen atoms in total. The van der Waals surface area contributed by atoms with Crippen LogP contribution in [-0.2, 0) is 11.0 Å². The molecule has 14 heavy (non-hydrogen) atoms. The third-order valence-electron chi connectivity index (χ3n) is 1.48. The Kier molecular flexibility index (Phi) is 3.11. The molecule has 5 heteroatoms. The summed E-state index contributed by atoms with van der Waals surface area (Å²) < 4.78 is 40.9. The zero-order valence-electron chi connectivity index (χ0n) is 6.97. The lowest BCUT2D eigenvalue weighted by Crippen LogP contribution is -2.04. The van der Waals surface area contributed by atoms with Crippen LogP contribution >= 0.6 is 0 Å². The molecule has 0 atom stereocenters. The molecule has 0 saturated heterocycles. The van der Waals surface area contributed by atoms with Gasteiger partial charge in [-0.25, -0.2) is 0 Å². The molecular formula is C9H6F3O2. The average Bonchev–Trinajstić information content (AvgIpc) is 2.14. The minimum absolute atomic E-state index is 0.210. The molecule has 0 unspecified atom stereocenters. The van der Waals surface area contributed by atoms with Gasteiger partial charge in [-0.1, -0.05) is 0 Å². The van der Waals surface area contributed by atoms with E-state index in [-0.39, 0.29) is 12.4 Å². The molecule has 0 heterocycles. The molecule has 0 fully saturated rings. The Morgan fingerprint density at radius 3 is 2.21 bits per heavy atom. The van der Waals surface area contributed by atoms with E-state index >= 15 is 0 Å². The van der Waals surface area contributed by atoms with Crippen LogP contribution in [0.2, 0.25) is 0 Å². The van der Waals surface area contributed by atoms with Crippen LogP contribution in [0.15, 0.2) is 24.3 Å². The molecule has 0 N–H and O–H groups in total. The zero-order valence-corrected chi connectivity index (χ0v) is 6.97. The highest BCUT2D eigenvalue weighted by Crippen LogP contribution is 2.30. The molecule has 1 aromatic carbocycles. The first-order chi connectivity index (χ1) is 6.54. The van der Waals surface area contributed by atoms with Crippen LogP contribution < -0.4 is 4.74 Å². The average molecular weight is 203 g/mol. The second kappa shape index (κ2) is 4.13. The van der Waals surface area contributed by atoms with E-state index in [0.717, 1.165) is 24.3 Å². The smallest absolute Gasteiger partial charge is 0.416 e. The molecule has 1 aromatic rings. The molecule has 0 spiro atoms. The van der Waals surface area contributed by atoms with E-state index < -0.39 is 11.7 Å². The quantitative estimate of drug-likeness (QED) is 0.752. The van der Waals surface area contributed by atoms with Gasteiger partial charge in [-0.2, -0.15) is 13.2 Å². The fourth-order valence-electron chi connectivity index (χ4n) is 0.853. The van der Waals surface area contributed by atoms with E-state index in [0.29, 0.717) is 0 Å². The molecule has 1 rings (SSSR count). The Hall–Kier alpha value is -1.52. The van der Waals surface area contributed by atoms with Gasteiger partial charge in [0.1, 0.15) is 5.75 Å². The summed E-state index contributed by atoms with van der Waals surface area (Å²) in [5, 5.41) is 0. The highest BCUT2D eigenvalue weighted by molar-refractivity contribution is 5.52. The number of alkyl halides is 3. The Morgan fingerprint density at radius 2 is 1.79 bits per heavy atom. The van der Waals surface area contributed by atoms with Crippen LogP contribution in [0.5, 0.6) is 5.75 Å².